The van der Waals surface area contributed by atoms with Gasteiger partial charge in [-0.05, 0) is 5.56 Å². The van der Waals surface area contributed by atoms with Crippen LogP contribution in [0.25, 0.3) is 0 Å². The Morgan fingerprint density at radius 1 is 1.27 bits per heavy atom. The second-order valence-electron chi connectivity index (χ2n) is 2.51. The van der Waals surface area contributed by atoms with Gasteiger partial charge in [-0.15, -0.1) is 11.8 Å². The van der Waals surface area contributed by atoms with Crippen LogP contribution in [0.3, 0.4) is 0 Å². The number of thioether (sulfide) groups is 1. The molecule has 1 aromatic carbocycles. The van der Waals surface area contributed by atoms with Gasteiger partial charge in [0.25, 0.3) is 0 Å². The van der Waals surface area contributed by atoms with Crippen LogP contribution in [0.4, 0.5) is 0 Å². The number of hydrogen-bond acceptors (Lipinski definition) is 2. The molecule has 0 saturated heterocycles. The molecule has 2 rings (SSSR count). The van der Waals surface area contributed by atoms with E-state index in [1.807, 2.05) is 11.6 Å². The van der Waals surface area contributed by atoms with Gasteiger partial charge in [-0.2, -0.15) is 0 Å². The maximum atomic E-state index is 4.18. The Morgan fingerprint density at radius 2 is 2.09 bits per heavy atom. The molecule has 0 amide bonds. The van der Waals surface area contributed by atoms with E-state index < -0.39 is 0 Å². The summed E-state index contributed by atoms with van der Waals surface area (Å²) in [5, 5.41) is 0.566. The van der Waals surface area contributed by atoms with Gasteiger partial charge in [-0.25, -0.2) is 0 Å². The van der Waals surface area contributed by atoms with E-state index in [0.29, 0.717) is 5.25 Å². The number of hydrogen-bond donors (Lipinski definition) is 0. The minimum atomic E-state index is 0.566. The molecule has 1 aromatic rings. The number of nitrogens with zero attached hydrogens (tertiary/aromatic N) is 1. The highest BCUT2D eigenvalue weighted by molar-refractivity contribution is 8.12. The van der Waals surface area contributed by atoms with Crippen LogP contribution in [0.5, 0.6) is 0 Å². The lowest BCUT2D eigenvalue weighted by Crippen LogP contribution is -1.91. The molecule has 0 bridgehead atoms. The predicted octanol–water partition coefficient (Wildman–Crippen LogP) is 2.50. The average Bonchev–Trinajstić information content (AvgIpc) is 2.58. The Kier molecular flexibility index (Phi) is 1.95. The van der Waals surface area contributed by atoms with Gasteiger partial charge in [-0.1, -0.05) is 30.3 Å². The third kappa shape index (κ3) is 1.46. The van der Waals surface area contributed by atoms with E-state index in [1.165, 1.54) is 5.56 Å². The van der Waals surface area contributed by atoms with Crippen molar-refractivity contribution in [3.63, 3.8) is 0 Å². The number of benzene rings is 1. The van der Waals surface area contributed by atoms with Crippen molar-refractivity contribution in [1.82, 2.24) is 0 Å². The zero-order valence-corrected chi connectivity index (χ0v) is 6.92. The van der Waals surface area contributed by atoms with E-state index in [-0.39, 0.29) is 0 Å². The summed E-state index contributed by atoms with van der Waals surface area (Å²) in [4.78, 5) is 4.18. The molecule has 0 spiro atoms. The maximum Gasteiger partial charge on any atom is 0.0559 e. The van der Waals surface area contributed by atoms with E-state index in [4.69, 9.17) is 0 Å². The van der Waals surface area contributed by atoms with Crippen molar-refractivity contribution < 1.29 is 0 Å². The average molecular weight is 163 g/mol. The molecule has 11 heavy (non-hydrogen) atoms. The molecule has 0 saturated carbocycles. The fraction of sp³-hybridized carbons (Fsp3) is 0.222. The fourth-order valence-corrected chi connectivity index (χ4v) is 1.96. The second-order valence-corrected chi connectivity index (χ2v) is 3.56. The van der Waals surface area contributed by atoms with E-state index in [9.17, 15) is 0 Å². The summed E-state index contributed by atoms with van der Waals surface area (Å²) in [7, 11) is 0. The topological polar surface area (TPSA) is 12.4 Å². The van der Waals surface area contributed by atoms with Crippen molar-refractivity contribution in [3.8, 4) is 0 Å². The molecule has 56 valence electrons. The van der Waals surface area contributed by atoms with Crippen LogP contribution in [0, 0.1) is 0 Å². The lowest BCUT2D eigenvalue weighted by molar-refractivity contribution is 0.968. The molecule has 0 fully saturated rings. The van der Waals surface area contributed by atoms with Crippen molar-refractivity contribution in [3.05, 3.63) is 35.9 Å². The van der Waals surface area contributed by atoms with Crippen molar-refractivity contribution >= 4 is 17.3 Å². The normalized spacial score (nSPS) is 22.4. The highest BCUT2D eigenvalue weighted by Gasteiger charge is 2.13. The first-order chi connectivity index (χ1) is 5.47. The van der Waals surface area contributed by atoms with E-state index in [0.717, 1.165) is 6.54 Å². The summed E-state index contributed by atoms with van der Waals surface area (Å²) in [6.45, 7) is 0.939. The molecule has 0 aromatic heterocycles. The third-order valence-electron chi connectivity index (χ3n) is 1.74. The molecule has 2 heteroatoms. The van der Waals surface area contributed by atoms with Gasteiger partial charge in [-0.3, -0.25) is 4.99 Å². The van der Waals surface area contributed by atoms with Crippen LogP contribution in [0.15, 0.2) is 35.3 Å². The number of aliphatic imine (C=N–C) groups is 1. The molecule has 0 N–H and O–H groups in total. The fourth-order valence-electron chi connectivity index (χ4n) is 1.15. The minimum absolute atomic E-state index is 0.566. The molecule has 1 aliphatic heterocycles. The quantitative estimate of drug-likeness (QED) is 0.619. The van der Waals surface area contributed by atoms with Gasteiger partial charge in [0.05, 0.1) is 17.3 Å². The van der Waals surface area contributed by atoms with Gasteiger partial charge in [0.2, 0.25) is 0 Å². The predicted molar refractivity (Wildman–Crippen MR) is 50.1 cm³/mol. The highest BCUT2D eigenvalue weighted by atomic mass is 32.2. The van der Waals surface area contributed by atoms with E-state index in [2.05, 4.69) is 29.3 Å². The molecule has 0 aliphatic carbocycles. The second kappa shape index (κ2) is 3.09. The summed E-state index contributed by atoms with van der Waals surface area (Å²) in [5.74, 6) is 0. The van der Waals surface area contributed by atoms with Crippen LogP contribution < -0.4 is 0 Å². The van der Waals surface area contributed by atoms with Crippen molar-refractivity contribution in [2.24, 2.45) is 4.99 Å². The SMILES string of the molecule is C1=NCC(c2ccccc2)S1. The van der Waals surface area contributed by atoms with Gasteiger partial charge in [0.15, 0.2) is 0 Å². The monoisotopic (exact) mass is 163 g/mol. The summed E-state index contributed by atoms with van der Waals surface area (Å²) in [6.07, 6.45) is 0. The van der Waals surface area contributed by atoms with E-state index in [1.54, 1.807) is 11.8 Å². The molecular formula is C9H9NS. The van der Waals surface area contributed by atoms with Gasteiger partial charge < -0.3 is 0 Å². The zero-order valence-electron chi connectivity index (χ0n) is 6.10. The first kappa shape index (κ1) is 6.92. The van der Waals surface area contributed by atoms with Crippen molar-refractivity contribution in [2.45, 2.75) is 5.25 Å². The molecule has 1 atom stereocenters. The standard InChI is InChI=1S/C9H9NS/c1-2-4-8(5-3-1)9-6-10-7-11-9/h1-5,7,9H,6H2. The van der Waals surface area contributed by atoms with Crippen LogP contribution in [0.1, 0.15) is 10.8 Å². The Labute approximate surface area is 70.5 Å². The Bertz CT molecular complexity index is 248. The summed E-state index contributed by atoms with van der Waals surface area (Å²) >= 11 is 1.80. The molecule has 1 aliphatic rings. The Balaban J connectivity index is 2.17. The highest BCUT2D eigenvalue weighted by Crippen LogP contribution is 2.30. The molecule has 1 heterocycles. The summed E-state index contributed by atoms with van der Waals surface area (Å²) in [5.41, 5.74) is 3.33. The third-order valence-corrected chi connectivity index (χ3v) is 2.76. The molecular weight excluding hydrogens is 154 g/mol. The van der Waals surface area contributed by atoms with Crippen LogP contribution >= 0.6 is 11.8 Å². The van der Waals surface area contributed by atoms with Crippen LogP contribution in [-0.4, -0.2) is 12.1 Å². The molecule has 1 unspecified atom stereocenters. The van der Waals surface area contributed by atoms with Crippen molar-refractivity contribution in [2.75, 3.05) is 6.54 Å². The Hall–Kier alpha value is -0.760. The van der Waals surface area contributed by atoms with Gasteiger partial charge in [0, 0.05) is 0 Å². The summed E-state index contributed by atoms with van der Waals surface area (Å²) < 4.78 is 0. The van der Waals surface area contributed by atoms with Crippen LogP contribution in [-0.2, 0) is 0 Å². The van der Waals surface area contributed by atoms with Gasteiger partial charge in [0.1, 0.15) is 0 Å². The smallest absolute Gasteiger partial charge is 0.0559 e. The maximum absolute atomic E-state index is 4.18. The lowest BCUT2D eigenvalue weighted by Gasteiger charge is -2.05. The summed E-state index contributed by atoms with van der Waals surface area (Å²) in [6, 6.07) is 10.5. The molecule has 1 nitrogen and oxygen atoms in total. The molecule has 0 radical (unpaired) electrons. The van der Waals surface area contributed by atoms with Crippen molar-refractivity contribution in [1.29, 1.82) is 0 Å². The number of rotatable bonds is 1. The van der Waals surface area contributed by atoms with Gasteiger partial charge >= 0.3 is 0 Å². The first-order valence-corrected chi connectivity index (χ1v) is 4.60. The largest absolute Gasteiger partial charge is 0.285 e. The van der Waals surface area contributed by atoms with E-state index >= 15 is 0 Å². The lowest BCUT2D eigenvalue weighted by atomic mass is 10.1. The Morgan fingerprint density at radius 3 is 2.73 bits per heavy atom. The van der Waals surface area contributed by atoms with Crippen LogP contribution in [0.2, 0.25) is 0 Å². The first-order valence-electron chi connectivity index (χ1n) is 3.65. The zero-order chi connectivity index (χ0) is 7.52. The minimum Gasteiger partial charge on any atom is -0.285 e.